The van der Waals surface area contributed by atoms with Crippen molar-refractivity contribution in [2.75, 3.05) is 26.1 Å². The topological polar surface area (TPSA) is 142 Å². The lowest BCUT2D eigenvalue weighted by atomic mass is 9.94. The Labute approximate surface area is 300 Å². The van der Waals surface area contributed by atoms with Gasteiger partial charge in [-0.3, -0.25) is 19.4 Å². The van der Waals surface area contributed by atoms with E-state index in [2.05, 4.69) is 32.5 Å². The molecule has 13 nitrogen and oxygen atoms in total. The lowest BCUT2D eigenvalue weighted by molar-refractivity contribution is -0.116. The van der Waals surface area contributed by atoms with E-state index in [-0.39, 0.29) is 43.1 Å². The van der Waals surface area contributed by atoms with Crippen LogP contribution in [0.3, 0.4) is 0 Å². The molecule has 5 aromatic rings. The van der Waals surface area contributed by atoms with Gasteiger partial charge in [0.05, 0.1) is 49.5 Å². The standard InChI is InChI=1S/C39H39N7O6/c1-24-41-23-46(43-24)32-12-11-25(15-35(32)50-3)14-34(47)33-17-28(22-44(33)2)42-38(48)10-7-13-52-37-19-31-30(18-36(37)51-4)39(49)45-21-27-9-6-5-8-26(27)16-29(45)20-40-31/h5-6,8-9,11-12,15,17-20,22-23,29H,7,10,13-14,16,21H2,1-4H3,(H,42,48)/t29-/m0/s1. The summed E-state index contributed by atoms with van der Waals surface area (Å²) in [7, 11) is 4.86. The van der Waals surface area contributed by atoms with Crippen molar-refractivity contribution >= 4 is 35.2 Å². The van der Waals surface area contributed by atoms with Gasteiger partial charge in [-0.15, -0.1) is 0 Å². The Kier molecular flexibility index (Phi) is 9.57. The molecule has 2 aliphatic heterocycles. The Balaban J connectivity index is 0.934. The second-order valence-electron chi connectivity index (χ2n) is 12.8. The smallest absolute Gasteiger partial charge is 0.257 e. The molecule has 0 spiro atoms. The maximum atomic E-state index is 13.6. The van der Waals surface area contributed by atoms with E-state index in [1.54, 1.807) is 61.1 Å². The van der Waals surface area contributed by atoms with Crippen molar-refractivity contribution in [3.05, 3.63) is 107 Å². The maximum Gasteiger partial charge on any atom is 0.257 e. The summed E-state index contributed by atoms with van der Waals surface area (Å²) in [6, 6.07) is 18.6. The average Bonchev–Trinajstić information content (AvgIpc) is 3.72. The number of ketones is 1. The van der Waals surface area contributed by atoms with E-state index in [1.165, 1.54) is 12.7 Å². The minimum atomic E-state index is -0.210. The molecule has 0 fully saturated rings. The normalized spacial score (nSPS) is 14.6. The fourth-order valence-electron chi connectivity index (χ4n) is 6.63. The molecule has 7 rings (SSSR count). The van der Waals surface area contributed by atoms with E-state index < -0.39 is 0 Å². The number of nitrogens with zero attached hydrogens (tertiary/aromatic N) is 6. The second-order valence-corrected chi connectivity index (χ2v) is 12.8. The van der Waals surface area contributed by atoms with Crippen molar-refractivity contribution in [1.29, 1.82) is 0 Å². The predicted octanol–water partition coefficient (Wildman–Crippen LogP) is 5.44. The molecule has 2 aromatic heterocycles. The molecule has 0 radical (unpaired) electrons. The number of methoxy groups -OCH3 is 2. The number of hydrogen-bond donors (Lipinski definition) is 1. The first-order chi connectivity index (χ1) is 25.2. The first kappa shape index (κ1) is 34.2. The molecule has 0 unspecified atom stereocenters. The third kappa shape index (κ3) is 7.02. The molecule has 0 saturated heterocycles. The van der Waals surface area contributed by atoms with Crippen LogP contribution in [0.25, 0.3) is 5.69 Å². The molecule has 52 heavy (non-hydrogen) atoms. The van der Waals surface area contributed by atoms with Gasteiger partial charge in [-0.25, -0.2) is 9.67 Å². The first-order valence-corrected chi connectivity index (χ1v) is 17.0. The zero-order chi connectivity index (χ0) is 36.4. The van der Waals surface area contributed by atoms with Gasteiger partial charge in [0.1, 0.15) is 23.6 Å². The lowest BCUT2D eigenvalue weighted by Gasteiger charge is -2.34. The van der Waals surface area contributed by atoms with Gasteiger partial charge in [0, 0.05) is 44.9 Å². The SMILES string of the molecule is COc1cc2c(cc1OCCCC(=O)Nc1cc(C(=O)Cc3ccc(-n4cnc(C)n4)c(OC)c3)n(C)c1)N=C[C@@H]1Cc3ccccc3CN1C2=O. The summed E-state index contributed by atoms with van der Waals surface area (Å²) < 4.78 is 20.5. The Morgan fingerprint density at radius 3 is 2.56 bits per heavy atom. The third-order valence-corrected chi connectivity index (χ3v) is 9.29. The van der Waals surface area contributed by atoms with Gasteiger partial charge >= 0.3 is 0 Å². The number of aliphatic imine (C=N–C) groups is 1. The van der Waals surface area contributed by atoms with Gasteiger partial charge in [0.25, 0.3) is 5.91 Å². The summed E-state index contributed by atoms with van der Waals surface area (Å²) in [5, 5.41) is 7.22. The third-order valence-electron chi connectivity index (χ3n) is 9.29. The highest BCUT2D eigenvalue weighted by Crippen LogP contribution is 2.38. The molecule has 4 heterocycles. The number of carbonyl (C=O) groups is 3. The van der Waals surface area contributed by atoms with Crippen molar-refractivity contribution in [2.45, 2.75) is 45.2 Å². The number of benzene rings is 3. The van der Waals surface area contributed by atoms with E-state index in [0.717, 1.165) is 16.8 Å². The van der Waals surface area contributed by atoms with Crippen LogP contribution in [0.5, 0.6) is 17.2 Å². The molecule has 266 valence electrons. The number of hydrogen-bond acceptors (Lipinski definition) is 9. The molecule has 13 heteroatoms. The van der Waals surface area contributed by atoms with Crippen molar-refractivity contribution in [1.82, 2.24) is 24.2 Å². The van der Waals surface area contributed by atoms with Crippen molar-refractivity contribution in [2.24, 2.45) is 12.0 Å². The number of Topliss-reactive ketones (excluding diaryl/α,β-unsaturated/α-hetero) is 1. The van der Waals surface area contributed by atoms with Gasteiger partial charge in [0.15, 0.2) is 17.3 Å². The quantitative estimate of drug-likeness (QED) is 0.134. The van der Waals surface area contributed by atoms with Crippen LogP contribution in [-0.4, -0.2) is 74.9 Å². The number of carbonyl (C=O) groups excluding carboxylic acids is 3. The number of fused-ring (bicyclic) bond motifs is 3. The maximum absolute atomic E-state index is 13.6. The van der Waals surface area contributed by atoms with Crippen molar-refractivity contribution in [3.63, 3.8) is 0 Å². The van der Waals surface area contributed by atoms with Gasteiger partial charge < -0.3 is 29.0 Å². The minimum Gasteiger partial charge on any atom is -0.494 e. The van der Waals surface area contributed by atoms with Gasteiger partial charge in [-0.2, -0.15) is 5.10 Å². The highest BCUT2D eigenvalue weighted by molar-refractivity contribution is 6.03. The molecular formula is C39H39N7O6. The van der Waals surface area contributed by atoms with Crippen LogP contribution >= 0.6 is 0 Å². The van der Waals surface area contributed by atoms with Gasteiger partial charge in [0.2, 0.25) is 5.91 Å². The summed E-state index contributed by atoms with van der Waals surface area (Å²) in [6.45, 7) is 2.56. The van der Waals surface area contributed by atoms with Crippen LogP contribution in [0.2, 0.25) is 0 Å². The Hall–Kier alpha value is -6.24. The number of anilines is 1. The summed E-state index contributed by atoms with van der Waals surface area (Å²) in [5.41, 5.74) is 5.83. The highest BCUT2D eigenvalue weighted by Gasteiger charge is 2.33. The van der Waals surface area contributed by atoms with E-state index >= 15 is 0 Å². The van der Waals surface area contributed by atoms with Gasteiger partial charge in [-0.05, 0) is 60.7 Å². The fourth-order valence-corrected chi connectivity index (χ4v) is 6.63. The molecule has 1 N–H and O–H groups in total. The number of aryl methyl sites for hydroxylation is 2. The summed E-state index contributed by atoms with van der Waals surface area (Å²) in [5.74, 6) is 1.66. The zero-order valence-electron chi connectivity index (χ0n) is 29.5. The van der Waals surface area contributed by atoms with Crippen molar-refractivity contribution < 1.29 is 28.6 Å². The number of rotatable bonds is 12. The van der Waals surface area contributed by atoms with Crippen molar-refractivity contribution in [3.8, 4) is 22.9 Å². The fraction of sp³-hybridized carbons (Fsp3) is 0.282. The monoisotopic (exact) mass is 701 g/mol. The molecule has 0 aliphatic carbocycles. The summed E-state index contributed by atoms with van der Waals surface area (Å²) in [4.78, 5) is 50.5. The zero-order valence-corrected chi connectivity index (χ0v) is 29.5. The predicted molar refractivity (Wildman–Crippen MR) is 194 cm³/mol. The van der Waals surface area contributed by atoms with E-state index in [4.69, 9.17) is 14.2 Å². The van der Waals surface area contributed by atoms with Gasteiger partial charge in [-0.1, -0.05) is 30.3 Å². The van der Waals surface area contributed by atoms with E-state index in [1.807, 2.05) is 41.4 Å². The Morgan fingerprint density at radius 2 is 1.79 bits per heavy atom. The lowest BCUT2D eigenvalue weighted by Crippen LogP contribution is -2.44. The van der Waals surface area contributed by atoms with Crippen LogP contribution in [-0.2, 0) is 31.2 Å². The van der Waals surface area contributed by atoms with Crippen LogP contribution in [0, 0.1) is 6.92 Å². The number of aromatic nitrogens is 4. The summed E-state index contributed by atoms with van der Waals surface area (Å²) in [6.07, 6.45) is 6.63. The number of amides is 2. The molecule has 0 saturated carbocycles. The highest BCUT2D eigenvalue weighted by atomic mass is 16.5. The minimum absolute atomic E-state index is 0.104. The van der Waals surface area contributed by atoms with Crippen LogP contribution in [0.15, 0.2) is 78.2 Å². The Morgan fingerprint density at radius 1 is 0.981 bits per heavy atom. The Bertz CT molecular complexity index is 2200. The van der Waals surface area contributed by atoms with Crippen LogP contribution in [0.1, 0.15) is 56.2 Å². The average molecular weight is 702 g/mol. The molecule has 2 amide bonds. The molecule has 1 atom stereocenters. The largest absolute Gasteiger partial charge is 0.494 e. The van der Waals surface area contributed by atoms with Crippen LogP contribution < -0.4 is 19.5 Å². The number of ether oxygens (including phenoxy) is 3. The summed E-state index contributed by atoms with van der Waals surface area (Å²) >= 11 is 0. The van der Waals surface area contributed by atoms with E-state index in [9.17, 15) is 14.4 Å². The number of nitrogens with one attached hydrogen (secondary N) is 1. The second kappa shape index (κ2) is 14.5. The molecular weight excluding hydrogens is 662 g/mol. The molecule has 3 aromatic carbocycles. The van der Waals surface area contributed by atoms with Crippen LogP contribution in [0.4, 0.5) is 11.4 Å². The molecule has 0 bridgehead atoms. The van der Waals surface area contributed by atoms with E-state index in [0.29, 0.717) is 65.1 Å². The molecule has 2 aliphatic rings. The first-order valence-electron chi connectivity index (χ1n) is 17.0.